The average Bonchev–Trinajstić information content (AvgIpc) is 3.01. The van der Waals surface area contributed by atoms with Crippen LogP contribution in [-0.4, -0.2) is 90.6 Å². The summed E-state index contributed by atoms with van der Waals surface area (Å²) in [4.78, 5) is 66.5. The molecule has 1 aromatic carbocycles. The number of carbonyl (C=O) groups excluding carboxylic acids is 5. The highest BCUT2D eigenvalue weighted by atomic mass is 16.6. The molecule has 0 radical (unpaired) electrons. The molecule has 2 saturated carbocycles. The Morgan fingerprint density at radius 2 is 1.41 bits per heavy atom. The number of benzene rings is 1. The molecule has 1 N–H and O–H groups in total. The van der Waals surface area contributed by atoms with Crippen LogP contribution in [0.15, 0.2) is 53.6 Å². The Morgan fingerprint density at radius 1 is 0.843 bits per heavy atom. The number of hydrogen-bond donors (Lipinski definition) is 1. The molecule has 0 saturated heterocycles. The van der Waals surface area contributed by atoms with E-state index >= 15 is 0 Å². The van der Waals surface area contributed by atoms with Crippen LogP contribution in [0.5, 0.6) is 0 Å². The number of aliphatic hydroxyl groups is 1. The molecule has 4 rings (SSSR count). The second-order valence-corrected chi connectivity index (χ2v) is 15.1. The fraction of sp³-hybridized carbons (Fsp3) is 0.615. The molecule has 0 heterocycles. The lowest BCUT2D eigenvalue weighted by atomic mass is 9.48. The van der Waals surface area contributed by atoms with Crippen LogP contribution in [0.25, 0.3) is 0 Å². The highest BCUT2D eigenvalue weighted by Crippen LogP contribution is 2.61. The minimum atomic E-state index is -1.46. The van der Waals surface area contributed by atoms with Gasteiger partial charge in [-0.3, -0.25) is 24.0 Å². The minimum Gasteiger partial charge on any atom is -0.462 e. The Bertz CT molecular complexity index is 1570. The van der Waals surface area contributed by atoms with Crippen LogP contribution >= 0.6 is 0 Å². The molecule has 12 heteroatoms. The Kier molecular flexibility index (Phi) is 11.9. The number of fused-ring (bicyclic) bond motifs is 3. The number of carbonyl (C=O) groups is 5. The second kappa shape index (κ2) is 15.3. The standard InChI is InChI=1S/C39H53NO11/c1-20-30(51-32(45)18-28(40(10)11)26-15-13-12-14-16-26)19-31(48-23(4)42)39(9)33(20)35(46)27-17-29(47-22(3)41)21(2)34(38(27,7)8)36(49-24(5)43)37(39)50-25(6)44/h12-16,27-31,33,35-37,46H,1,17-19H2,2-11H3. The molecule has 3 aliphatic rings. The summed E-state index contributed by atoms with van der Waals surface area (Å²) in [5.74, 6) is -4.76. The number of esters is 5. The lowest BCUT2D eigenvalue weighted by molar-refractivity contribution is -0.226. The molecule has 1 aromatic rings. The van der Waals surface area contributed by atoms with Crippen molar-refractivity contribution in [2.75, 3.05) is 14.1 Å². The number of hydrogen-bond acceptors (Lipinski definition) is 12. The summed E-state index contributed by atoms with van der Waals surface area (Å²) in [5, 5.41) is 12.7. The van der Waals surface area contributed by atoms with Gasteiger partial charge in [0.2, 0.25) is 0 Å². The van der Waals surface area contributed by atoms with Crippen molar-refractivity contribution in [3.8, 4) is 0 Å². The lowest BCUT2D eigenvalue weighted by Crippen LogP contribution is -2.68. The number of rotatable bonds is 9. The van der Waals surface area contributed by atoms with Gasteiger partial charge >= 0.3 is 29.8 Å². The molecule has 0 amide bonds. The first-order valence-electron chi connectivity index (χ1n) is 17.4. The summed E-state index contributed by atoms with van der Waals surface area (Å²) in [6.45, 7) is 16.6. The van der Waals surface area contributed by atoms with Crippen LogP contribution in [0.4, 0.5) is 0 Å². The predicted molar refractivity (Wildman–Crippen MR) is 186 cm³/mol. The quantitative estimate of drug-likeness (QED) is 0.216. The zero-order chi connectivity index (χ0) is 38.2. The van der Waals surface area contributed by atoms with Crippen molar-refractivity contribution in [2.45, 2.75) is 117 Å². The normalized spacial score (nSPS) is 32.0. The van der Waals surface area contributed by atoms with Gasteiger partial charge in [0.1, 0.15) is 18.3 Å². The molecular weight excluding hydrogens is 658 g/mol. The predicted octanol–water partition coefficient (Wildman–Crippen LogP) is 4.64. The fourth-order valence-corrected chi connectivity index (χ4v) is 8.94. The van der Waals surface area contributed by atoms with Crippen molar-refractivity contribution in [1.82, 2.24) is 4.90 Å². The zero-order valence-electron chi connectivity index (χ0n) is 31.4. The molecule has 2 bridgehead atoms. The zero-order valence-corrected chi connectivity index (χ0v) is 31.4. The third-order valence-electron chi connectivity index (χ3n) is 11.2. The van der Waals surface area contributed by atoms with Crippen LogP contribution in [0, 0.1) is 22.7 Å². The molecule has 0 spiro atoms. The van der Waals surface area contributed by atoms with Gasteiger partial charge in [-0.2, -0.15) is 0 Å². The SMILES string of the molecule is C=C1C(OC(=O)CC(c2ccccc2)N(C)C)CC(OC(C)=O)C2(C)C(OC(C)=O)C(OC(C)=O)C3=C(C)C(OC(C)=O)CC(C(O)C12)C3(C)C. The van der Waals surface area contributed by atoms with Crippen LogP contribution in [0.3, 0.4) is 0 Å². The van der Waals surface area contributed by atoms with Crippen molar-refractivity contribution in [1.29, 1.82) is 0 Å². The number of aliphatic hydroxyl groups excluding tert-OH is 1. The number of nitrogens with zero attached hydrogens (tertiary/aromatic N) is 1. The van der Waals surface area contributed by atoms with Crippen LogP contribution in [0.2, 0.25) is 0 Å². The van der Waals surface area contributed by atoms with Gasteiger partial charge in [-0.05, 0) is 61.1 Å². The molecule has 0 aromatic heterocycles. The first-order chi connectivity index (χ1) is 23.7. The van der Waals surface area contributed by atoms with Crippen LogP contribution in [-0.2, 0) is 47.7 Å². The van der Waals surface area contributed by atoms with E-state index in [0.29, 0.717) is 16.7 Å². The van der Waals surface area contributed by atoms with Crippen molar-refractivity contribution in [3.05, 3.63) is 59.2 Å². The van der Waals surface area contributed by atoms with Gasteiger partial charge in [0.05, 0.1) is 17.9 Å². The summed E-state index contributed by atoms with van der Waals surface area (Å²) < 4.78 is 30.1. The fourth-order valence-electron chi connectivity index (χ4n) is 8.94. The van der Waals surface area contributed by atoms with E-state index in [0.717, 1.165) is 5.56 Å². The molecule has 3 aliphatic carbocycles. The summed E-state index contributed by atoms with van der Waals surface area (Å²) in [6.07, 6.45) is -6.59. The van der Waals surface area contributed by atoms with Crippen molar-refractivity contribution in [2.24, 2.45) is 22.7 Å². The van der Waals surface area contributed by atoms with E-state index in [9.17, 15) is 29.1 Å². The molecule has 280 valence electrons. The monoisotopic (exact) mass is 711 g/mol. The summed E-state index contributed by atoms with van der Waals surface area (Å²) in [7, 11) is 3.73. The van der Waals surface area contributed by atoms with E-state index < -0.39 is 89.1 Å². The maximum atomic E-state index is 13.7. The van der Waals surface area contributed by atoms with E-state index in [-0.39, 0.29) is 25.3 Å². The largest absolute Gasteiger partial charge is 0.462 e. The molecule has 2 fully saturated rings. The van der Waals surface area contributed by atoms with Gasteiger partial charge in [0.15, 0.2) is 12.2 Å². The van der Waals surface area contributed by atoms with E-state index in [1.165, 1.54) is 27.7 Å². The van der Waals surface area contributed by atoms with E-state index in [1.807, 2.05) is 63.2 Å². The van der Waals surface area contributed by atoms with Gasteiger partial charge in [0, 0.05) is 46.1 Å². The van der Waals surface area contributed by atoms with Gasteiger partial charge < -0.3 is 33.7 Å². The number of ether oxygens (including phenoxy) is 5. The topological polar surface area (TPSA) is 155 Å². The highest BCUT2D eigenvalue weighted by Gasteiger charge is 2.67. The summed E-state index contributed by atoms with van der Waals surface area (Å²) >= 11 is 0. The van der Waals surface area contributed by atoms with Crippen LogP contribution in [0.1, 0.15) is 86.3 Å². The highest BCUT2D eigenvalue weighted by molar-refractivity contribution is 5.72. The Balaban J connectivity index is 1.91. The third-order valence-corrected chi connectivity index (χ3v) is 11.2. The third kappa shape index (κ3) is 7.91. The molecular formula is C39H53NO11. The van der Waals surface area contributed by atoms with E-state index in [2.05, 4.69) is 6.58 Å². The minimum absolute atomic E-state index is 0.00125. The van der Waals surface area contributed by atoms with Gasteiger partial charge in [-0.25, -0.2) is 0 Å². The molecule has 10 atom stereocenters. The Labute approximate surface area is 300 Å². The average molecular weight is 712 g/mol. The summed E-state index contributed by atoms with van der Waals surface area (Å²) in [5.41, 5.74) is 0.0162. The van der Waals surface area contributed by atoms with E-state index in [4.69, 9.17) is 23.7 Å². The summed E-state index contributed by atoms with van der Waals surface area (Å²) in [6, 6.07) is 9.24. The van der Waals surface area contributed by atoms with Crippen molar-refractivity contribution >= 4 is 29.8 Å². The van der Waals surface area contributed by atoms with Gasteiger partial charge in [0.25, 0.3) is 0 Å². The first kappa shape index (κ1) is 39.8. The maximum absolute atomic E-state index is 13.7. The van der Waals surface area contributed by atoms with Gasteiger partial charge in [-0.15, -0.1) is 0 Å². The van der Waals surface area contributed by atoms with Gasteiger partial charge in [-0.1, -0.05) is 57.7 Å². The first-order valence-corrected chi connectivity index (χ1v) is 17.4. The van der Waals surface area contributed by atoms with Crippen LogP contribution < -0.4 is 0 Å². The molecule has 0 aliphatic heterocycles. The van der Waals surface area contributed by atoms with E-state index in [1.54, 1.807) is 13.8 Å². The van der Waals surface area contributed by atoms with Crippen molar-refractivity contribution in [3.63, 3.8) is 0 Å². The second-order valence-electron chi connectivity index (χ2n) is 15.1. The molecule has 12 nitrogen and oxygen atoms in total. The lowest BCUT2D eigenvalue weighted by Gasteiger charge is -2.61. The Hall–Kier alpha value is -4.03. The Morgan fingerprint density at radius 3 is 1.94 bits per heavy atom. The maximum Gasteiger partial charge on any atom is 0.308 e. The molecule has 51 heavy (non-hydrogen) atoms. The molecule has 10 unspecified atom stereocenters. The smallest absolute Gasteiger partial charge is 0.308 e. The van der Waals surface area contributed by atoms with Crippen molar-refractivity contribution < 1.29 is 52.8 Å².